The minimum Gasteiger partial charge on any atom is -0.469 e. The lowest BCUT2D eigenvalue weighted by atomic mass is 10.1. The Hall–Kier alpha value is -1.79. The number of thiophene rings is 1. The smallest absolute Gasteiger partial charge is 0.191 e. The predicted molar refractivity (Wildman–Crippen MR) is 107 cm³/mol. The first kappa shape index (κ1) is 19.0. The summed E-state index contributed by atoms with van der Waals surface area (Å²) in [5.74, 6) is 2.40. The summed E-state index contributed by atoms with van der Waals surface area (Å²) in [4.78, 5) is 7.56. The molecule has 2 atom stereocenters. The van der Waals surface area contributed by atoms with Crippen molar-refractivity contribution in [2.75, 3.05) is 26.3 Å². The van der Waals surface area contributed by atoms with Gasteiger partial charge in [0.05, 0.1) is 12.9 Å². The zero-order valence-electron chi connectivity index (χ0n) is 15.7. The second-order valence-corrected chi connectivity index (χ2v) is 8.31. The lowest BCUT2D eigenvalue weighted by molar-refractivity contribution is 0.187. The molecule has 0 bridgehead atoms. The third-order valence-electron chi connectivity index (χ3n) is 4.46. The largest absolute Gasteiger partial charge is 0.469 e. The Morgan fingerprint density at radius 2 is 2.31 bits per heavy atom. The van der Waals surface area contributed by atoms with Gasteiger partial charge in [-0.25, -0.2) is 0 Å². The van der Waals surface area contributed by atoms with E-state index in [0.717, 1.165) is 57.3 Å². The van der Waals surface area contributed by atoms with Crippen molar-refractivity contribution in [3.63, 3.8) is 0 Å². The monoisotopic (exact) mass is 375 g/mol. The number of nitrogens with zero attached hydrogens (tertiary/aromatic N) is 1. The van der Waals surface area contributed by atoms with E-state index in [2.05, 4.69) is 36.6 Å². The highest BCUT2D eigenvalue weighted by Gasteiger charge is 2.16. The normalized spacial score (nSPS) is 18.8. The Balaban J connectivity index is 1.52. The Morgan fingerprint density at radius 3 is 3.00 bits per heavy atom. The van der Waals surface area contributed by atoms with Crippen LogP contribution in [0.1, 0.15) is 28.9 Å². The molecule has 3 heterocycles. The lowest BCUT2D eigenvalue weighted by Gasteiger charge is -2.18. The van der Waals surface area contributed by atoms with Crippen LogP contribution in [0.5, 0.6) is 0 Å². The molecular formula is C20H29N3O2S. The van der Waals surface area contributed by atoms with E-state index in [1.54, 1.807) is 6.26 Å². The first-order valence-corrected chi connectivity index (χ1v) is 10.2. The topological polar surface area (TPSA) is 58.8 Å². The van der Waals surface area contributed by atoms with Crippen LogP contribution in [-0.4, -0.2) is 38.3 Å². The van der Waals surface area contributed by atoms with Gasteiger partial charge in [0.1, 0.15) is 5.76 Å². The maximum atomic E-state index is 5.46. The van der Waals surface area contributed by atoms with Gasteiger partial charge in [0, 0.05) is 54.3 Å². The molecular weight excluding hydrogens is 346 g/mol. The summed E-state index contributed by atoms with van der Waals surface area (Å²) in [5, 5.41) is 7.00. The molecule has 0 spiro atoms. The van der Waals surface area contributed by atoms with E-state index >= 15 is 0 Å². The minimum absolute atomic E-state index is 0.322. The molecule has 2 aromatic rings. The average Bonchev–Trinajstić information content (AvgIpc) is 3.35. The molecule has 26 heavy (non-hydrogen) atoms. The van der Waals surface area contributed by atoms with Crippen molar-refractivity contribution in [2.45, 2.75) is 39.2 Å². The van der Waals surface area contributed by atoms with Crippen molar-refractivity contribution in [3.8, 4) is 0 Å². The van der Waals surface area contributed by atoms with Crippen molar-refractivity contribution in [2.24, 2.45) is 10.9 Å². The Morgan fingerprint density at radius 1 is 1.38 bits per heavy atom. The lowest BCUT2D eigenvalue weighted by Crippen LogP contribution is -2.44. The second kappa shape index (κ2) is 9.78. The van der Waals surface area contributed by atoms with E-state index in [1.165, 1.54) is 9.75 Å². The predicted octanol–water partition coefficient (Wildman–Crippen LogP) is 3.39. The van der Waals surface area contributed by atoms with Gasteiger partial charge >= 0.3 is 0 Å². The maximum Gasteiger partial charge on any atom is 0.191 e. The van der Waals surface area contributed by atoms with Crippen LogP contribution in [0.2, 0.25) is 0 Å². The summed E-state index contributed by atoms with van der Waals surface area (Å²) in [6.45, 7) is 7.65. The molecule has 3 rings (SSSR count). The number of aliphatic imine (C=N–C) groups is 1. The summed E-state index contributed by atoms with van der Waals surface area (Å²) in [5.41, 5.74) is 0. The van der Waals surface area contributed by atoms with Crippen molar-refractivity contribution in [1.82, 2.24) is 10.6 Å². The van der Waals surface area contributed by atoms with E-state index < -0.39 is 0 Å². The first-order chi connectivity index (χ1) is 12.7. The molecule has 0 radical (unpaired) electrons. The molecule has 2 aromatic heterocycles. The van der Waals surface area contributed by atoms with Gasteiger partial charge < -0.3 is 19.8 Å². The number of furan rings is 1. The van der Waals surface area contributed by atoms with Crippen LogP contribution in [0.25, 0.3) is 0 Å². The fourth-order valence-electron chi connectivity index (χ4n) is 3.04. The quantitative estimate of drug-likeness (QED) is 0.548. The fourth-order valence-corrected chi connectivity index (χ4v) is 4.06. The number of hydrogen-bond donors (Lipinski definition) is 2. The SMILES string of the molecule is Cc1ccc(CC(C)NC(=NCC2CCOC2)NCCc2ccco2)s1. The third-order valence-corrected chi connectivity index (χ3v) is 5.49. The summed E-state index contributed by atoms with van der Waals surface area (Å²) >= 11 is 1.86. The highest BCUT2D eigenvalue weighted by molar-refractivity contribution is 7.11. The van der Waals surface area contributed by atoms with E-state index in [4.69, 9.17) is 14.1 Å². The van der Waals surface area contributed by atoms with Gasteiger partial charge in [-0.2, -0.15) is 0 Å². The molecule has 6 heteroatoms. The molecule has 1 aliphatic heterocycles. The standard InChI is InChI=1S/C20H29N3O2S/c1-15(12-19-6-5-16(2)26-19)23-20(22-13-17-8-11-24-14-17)21-9-7-18-4-3-10-25-18/h3-6,10,15,17H,7-9,11-14H2,1-2H3,(H2,21,22,23). The summed E-state index contributed by atoms with van der Waals surface area (Å²) < 4.78 is 10.9. The zero-order valence-corrected chi connectivity index (χ0v) is 16.5. The number of aryl methyl sites for hydroxylation is 1. The van der Waals surface area contributed by atoms with E-state index in [-0.39, 0.29) is 0 Å². The van der Waals surface area contributed by atoms with Crippen LogP contribution in [0.3, 0.4) is 0 Å². The Kier molecular flexibility index (Phi) is 7.14. The van der Waals surface area contributed by atoms with Crippen LogP contribution < -0.4 is 10.6 Å². The van der Waals surface area contributed by atoms with Crippen molar-refractivity contribution < 1.29 is 9.15 Å². The number of guanidine groups is 1. The molecule has 0 amide bonds. The first-order valence-electron chi connectivity index (χ1n) is 9.39. The Bertz CT molecular complexity index is 675. The fraction of sp³-hybridized carbons (Fsp3) is 0.550. The van der Waals surface area contributed by atoms with Crippen LogP contribution in [0.4, 0.5) is 0 Å². The van der Waals surface area contributed by atoms with Gasteiger partial charge in [-0.15, -0.1) is 11.3 Å². The minimum atomic E-state index is 0.322. The summed E-state index contributed by atoms with van der Waals surface area (Å²) in [6.07, 6.45) is 4.67. The highest BCUT2D eigenvalue weighted by Crippen LogP contribution is 2.17. The van der Waals surface area contributed by atoms with Gasteiger partial charge in [0.25, 0.3) is 0 Å². The molecule has 1 aliphatic rings. The molecule has 0 saturated carbocycles. The molecule has 2 unspecified atom stereocenters. The number of ether oxygens (including phenoxy) is 1. The molecule has 0 aromatic carbocycles. The van der Waals surface area contributed by atoms with Gasteiger partial charge in [0.15, 0.2) is 5.96 Å². The number of rotatable bonds is 8. The second-order valence-electron chi connectivity index (χ2n) is 6.94. The summed E-state index contributed by atoms with van der Waals surface area (Å²) in [6, 6.07) is 8.65. The van der Waals surface area contributed by atoms with Crippen LogP contribution in [0.15, 0.2) is 39.9 Å². The molecule has 1 fully saturated rings. The molecule has 142 valence electrons. The van der Waals surface area contributed by atoms with E-state index in [1.807, 2.05) is 23.5 Å². The van der Waals surface area contributed by atoms with Gasteiger partial charge in [0.2, 0.25) is 0 Å². The highest BCUT2D eigenvalue weighted by atomic mass is 32.1. The molecule has 5 nitrogen and oxygen atoms in total. The maximum absolute atomic E-state index is 5.46. The van der Waals surface area contributed by atoms with Crippen LogP contribution >= 0.6 is 11.3 Å². The van der Waals surface area contributed by atoms with Crippen molar-refractivity contribution in [1.29, 1.82) is 0 Å². The van der Waals surface area contributed by atoms with Crippen LogP contribution in [0, 0.1) is 12.8 Å². The van der Waals surface area contributed by atoms with Gasteiger partial charge in [-0.05, 0) is 44.5 Å². The molecule has 1 saturated heterocycles. The summed E-state index contributed by atoms with van der Waals surface area (Å²) in [7, 11) is 0. The third kappa shape index (κ3) is 6.18. The van der Waals surface area contributed by atoms with Gasteiger partial charge in [-0.1, -0.05) is 0 Å². The van der Waals surface area contributed by atoms with E-state index in [9.17, 15) is 0 Å². The van der Waals surface area contributed by atoms with Crippen molar-refractivity contribution >= 4 is 17.3 Å². The van der Waals surface area contributed by atoms with E-state index in [0.29, 0.717) is 12.0 Å². The number of hydrogen-bond acceptors (Lipinski definition) is 4. The molecule has 0 aliphatic carbocycles. The van der Waals surface area contributed by atoms with Crippen LogP contribution in [-0.2, 0) is 17.6 Å². The van der Waals surface area contributed by atoms with Gasteiger partial charge in [-0.3, -0.25) is 4.99 Å². The average molecular weight is 376 g/mol. The zero-order chi connectivity index (χ0) is 18.2. The Labute approximate surface area is 159 Å². The van der Waals surface area contributed by atoms with Crippen molar-refractivity contribution in [3.05, 3.63) is 46.0 Å². The molecule has 2 N–H and O–H groups in total. The number of nitrogens with one attached hydrogen (secondary N) is 2.